The van der Waals surface area contributed by atoms with Gasteiger partial charge in [-0.3, -0.25) is 0 Å². The summed E-state index contributed by atoms with van der Waals surface area (Å²) >= 11 is 0. The molecule has 0 fully saturated rings. The molecule has 0 unspecified atom stereocenters. The van der Waals surface area contributed by atoms with Gasteiger partial charge in [-0.05, 0) is 12.0 Å². The Morgan fingerprint density at radius 2 is 2.09 bits per heavy atom. The van der Waals surface area contributed by atoms with Crippen molar-refractivity contribution in [2.45, 2.75) is 37.9 Å². The van der Waals surface area contributed by atoms with Crippen LogP contribution in [0.15, 0.2) is 36.7 Å². The summed E-state index contributed by atoms with van der Waals surface area (Å²) in [5.41, 5.74) is 0.375. The minimum absolute atomic E-state index is 0.154. The van der Waals surface area contributed by atoms with Gasteiger partial charge in [0, 0.05) is 6.42 Å². The fraction of sp³-hybridized carbons (Fsp3) is 0.400. The summed E-state index contributed by atoms with van der Waals surface area (Å²) in [6, 6.07) is 6.12. The molecular formula is C15H17F2N5O. The van der Waals surface area contributed by atoms with Crippen molar-refractivity contribution in [3.8, 4) is 0 Å². The zero-order chi connectivity index (χ0) is 16.2. The van der Waals surface area contributed by atoms with E-state index in [0.717, 1.165) is 5.82 Å². The lowest BCUT2D eigenvalue weighted by Gasteiger charge is -2.25. The van der Waals surface area contributed by atoms with Crippen molar-refractivity contribution in [2.75, 3.05) is 0 Å². The SMILES string of the molecule is O=C(N[C@H]1CCc2ncnn2C1)N[C@H](c1ccccc1)C(F)F. The van der Waals surface area contributed by atoms with Crippen LogP contribution in [0.1, 0.15) is 23.9 Å². The van der Waals surface area contributed by atoms with Crippen LogP contribution in [0.5, 0.6) is 0 Å². The summed E-state index contributed by atoms with van der Waals surface area (Å²) in [5.74, 6) is 0.873. The predicted molar refractivity (Wildman–Crippen MR) is 79.0 cm³/mol. The van der Waals surface area contributed by atoms with Crippen LogP contribution in [0.25, 0.3) is 0 Å². The van der Waals surface area contributed by atoms with Crippen molar-refractivity contribution in [1.82, 2.24) is 25.4 Å². The molecule has 2 aromatic rings. The highest BCUT2D eigenvalue weighted by Crippen LogP contribution is 2.20. The number of carbonyl (C=O) groups is 1. The fourth-order valence-corrected chi connectivity index (χ4v) is 2.68. The van der Waals surface area contributed by atoms with Crippen molar-refractivity contribution in [1.29, 1.82) is 0 Å². The summed E-state index contributed by atoms with van der Waals surface area (Å²) in [6.45, 7) is 0.493. The van der Waals surface area contributed by atoms with Crippen LogP contribution >= 0.6 is 0 Å². The van der Waals surface area contributed by atoms with E-state index in [4.69, 9.17) is 0 Å². The van der Waals surface area contributed by atoms with Gasteiger partial charge < -0.3 is 10.6 Å². The van der Waals surface area contributed by atoms with E-state index >= 15 is 0 Å². The molecule has 0 radical (unpaired) electrons. The number of carbonyl (C=O) groups excluding carboxylic acids is 1. The molecule has 6 nitrogen and oxygen atoms in total. The Bertz CT molecular complexity index is 661. The molecule has 3 rings (SSSR count). The highest BCUT2D eigenvalue weighted by Gasteiger charge is 2.26. The van der Waals surface area contributed by atoms with E-state index in [9.17, 15) is 13.6 Å². The first-order valence-corrected chi connectivity index (χ1v) is 7.40. The third kappa shape index (κ3) is 3.64. The Morgan fingerprint density at radius 3 is 2.83 bits per heavy atom. The number of aryl methyl sites for hydroxylation is 1. The molecule has 0 saturated carbocycles. The molecule has 2 amide bonds. The molecule has 0 aliphatic carbocycles. The van der Waals surface area contributed by atoms with Crippen molar-refractivity contribution in [3.05, 3.63) is 48.0 Å². The number of urea groups is 1. The Balaban J connectivity index is 1.60. The summed E-state index contributed by atoms with van der Waals surface area (Å²) < 4.78 is 28.1. The molecule has 0 bridgehead atoms. The van der Waals surface area contributed by atoms with Gasteiger partial charge in [0.1, 0.15) is 18.2 Å². The minimum Gasteiger partial charge on any atom is -0.334 e. The summed E-state index contributed by atoms with van der Waals surface area (Å²) in [4.78, 5) is 16.2. The summed E-state index contributed by atoms with van der Waals surface area (Å²) in [6.07, 6.45) is 0.190. The standard InChI is InChI=1S/C15H17F2N5O/c16-14(17)13(10-4-2-1-3-5-10)21-15(23)20-11-6-7-12-18-9-19-22(12)8-11/h1-5,9,11,13-14H,6-8H2,(H2,20,21,23)/t11-,13+/m0/s1. The van der Waals surface area contributed by atoms with E-state index in [1.807, 2.05) is 0 Å². The molecule has 122 valence electrons. The first-order chi connectivity index (χ1) is 11.1. The van der Waals surface area contributed by atoms with Crippen LogP contribution in [-0.4, -0.2) is 33.3 Å². The molecule has 1 aromatic carbocycles. The Kier molecular flexibility index (Phi) is 4.50. The normalized spacial score (nSPS) is 18.3. The maximum atomic E-state index is 13.2. The van der Waals surface area contributed by atoms with Gasteiger partial charge in [0.25, 0.3) is 6.43 Å². The minimum atomic E-state index is -2.68. The average Bonchev–Trinajstić information content (AvgIpc) is 3.01. The Labute approximate surface area is 131 Å². The smallest absolute Gasteiger partial charge is 0.315 e. The molecule has 1 aliphatic heterocycles. The van der Waals surface area contributed by atoms with Crippen molar-refractivity contribution < 1.29 is 13.6 Å². The number of nitrogens with one attached hydrogen (secondary N) is 2. The number of alkyl halides is 2. The van der Waals surface area contributed by atoms with Gasteiger partial charge in [-0.25, -0.2) is 23.2 Å². The summed E-state index contributed by atoms with van der Waals surface area (Å²) in [7, 11) is 0. The number of benzene rings is 1. The third-order valence-corrected chi connectivity index (χ3v) is 3.84. The van der Waals surface area contributed by atoms with Gasteiger partial charge in [0.2, 0.25) is 0 Å². The molecule has 23 heavy (non-hydrogen) atoms. The van der Waals surface area contributed by atoms with E-state index in [2.05, 4.69) is 20.7 Å². The van der Waals surface area contributed by atoms with Gasteiger partial charge >= 0.3 is 6.03 Å². The van der Waals surface area contributed by atoms with E-state index in [0.29, 0.717) is 24.9 Å². The van der Waals surface area contributed by atoms with Crippen LogP contribution in [0.3, 0.4) is 0 Å². The van der Waals surface area contributed by atoms with Crippen LogP contribution < -0.4 is 10.6 Å². The molecular weight excluding hydrogens is 304 g/mol. The first-order valence-electron chi connectivity index (χ1n) is 7.40. The van der Waals surface area contributed by atoms with Gasteiger partial charge in [-0.2, -0.15) is 5.10 Å². The van der Waals surface area contributed by atoms with Crippen molar-refractivity contribution >= 4 is 6.03 Å². The molecule has 2 N–H and O–H groups in total. The van der Waals surface area contributed by atoms with Crippen LogP contribution in [0.4, 0.5) is 13.6 Å². The third-order valence-electron chi connectivity index (χ3n) is 3.84. The van der Waals surface area contributed by atoms with E-state index in [1.165, 1.54) is 6.33 Å². The molecule has 2 atom stereocenters. The first kappa shape index (κ1) is 15.4. The second-order valence-electron chi connectivity index (χ2n) is 5.43. The lowest BCUT2D eigenvalue weighted by molar-refractivity contribution is 0.101. The van der Waals surface area contributed by atoms with Gasteiger partial charge in [-0.1, -0.05) is 30.3 Å². The predicted octanol–water partition coefficient (Wildman–Crippen LogP) is 1.90. The van der Waals surface area contributed by atoms with Crippen LogP contribution in [0, 0.1) is 0 Å². The molecule has 8 heteroatoms. The number of rotatable bonds is 4. The largest absolute Gasteiger partial charge is 0.334 e. The van der Waals surface area contributed by atoms with Crippen molar-refractivity contribution in [2.24, 2.45) is 0 Å². The Morgan fingerprint density at radius 1 is 1.30 bits per heavy atom. The quantitative estimate of drug-likeness (QED) is 0.903. The highest BCUT2D eigenvalue weighted by atomic mass is 19.3. The second-order valence-corrected chi connectivity index (χ2v) is 5.43. The lowest BCUT2D eigenvalue weighted by atomic mass is 10.1. The lowest BCUT2D eigenvalue weighted by Crippen LogP contribution is -2.48. The maximum Gasteiger partial charge on any atom is 0.315 e. The van der Waals surface area contributed by atoms with Gasteiger partial charge in [0.15, 0.2) is 0 Å². The Hall–Kier alpha value is -2.51. The molecule has 1 aromatic heterocycles. The molecule has 1 aliphatic rings. The molecule has 2 heterocycles. The van der Waals surface area contributed by atoms with E-state index < -0.39 is 18.5 Å². The maximum absolute atomic E-state index is 13.2. The fourth-order valence-electron chi connectivity index (χ4n) is 2.68. The van der Waals surface area contributed by atoms with Crippen molar-refractivity contribution in [3.63, 3.8) is 0 Å². The topological polar surface area (TPSA) is 71.8 Å². The van der Waals surface area contributed by atoms with Gasteiger partial charge in [-0.15, -0.1) is 0 Å². The van der Waals surface area contributed by atoms with E-state index in [1.54, 1.807) is 35.0 Å². The van der Waals surface area contributed by atoms with Gasteiger partial charge in [0.05, 0.1) is 12.6 Å². The number of amides is 2. The number of aromatic nitrogens is 3. The number of halogens is 2. The van der Waals surface area contributed by atoms with Crippen LogP contribution in [-0.2, 0) is 13.0 Å². The molecule has 0 saturated heterocycles. The monoisotopic (exact) mass is 321 g/mol. The second kappa shape index (κ2) is 6.72. The highest BCUT2D eigenvalue weighted by molar-refractivity contribution is 5.74. The number of hydrogen-bond donors (Lipinski definition) is 2. The number of nitrogens with zero attached hydrogens (tertiary/aromatic N) is 3. The van der Waals surface area contributed by atoms with Crippen LogP contribution in [0.2, 0.25) is 0 Å². The zero-order valence-corrected chi connectivity index (χ0v) is 12.3. The summed E-state index contributed by atoms with van der Waals surface area (Å²) in [5, 5.41) is 9.15. The van der Waals surface area contributed by atoms with E-state index in [-0.39, 0.29) is 6.04 Å². The number of fused-ring (bicyclic) bond motifs is 1. The number of hydrogen-bond acceptors (Lipinski definition) is 3. The molecule has 0 spiro atoms. The average molecular weight is 321 g/mol. The zero-order valence-electron chi connectivity index (χ0n) is 12.3.